The normalized spacial score (nSPS) is 20.6. The number of hydrogen-bond acceptors (Lipinski definition) is 2. The van der Waals surface area contributed by atoms with Gasteiger partial charge in [-0.25, -0.2) is 0 Å². The second kappa shape index (κ2) is 7.28. The standard InChI is InChI=1S/C16H31NO2/c1-5-7-14(13(3)4)15(19)17-10-8-16(6-2,12-18)9-11-17/h13-14,18H,5-12H2,1-4H3. The van der Waals surface area contributed by atoms with Crippen molar-refractivity contribution in [2.75, 3.05) is 19.7 Å². The average Bonchev–Trinajstić information content (AvgIpc) is 2.44. The molecule has 1 fully saturated rings. The molecule has 1 heterocycles. The van der Waals surface area contributed by atoms with E-state index in [1.165, 1.54) is 0 Å². The largest absolute Gasteiger partial charge is 0.396 e. The first kappa shape index (κ1) is 16.5. The molecule has 0 aromatic heterocycles. The van der Waals surface area contributed by atoms with E-state index in [9.17, 15) is 9.90 Å². The number of amides is 1. The summed E-state index contributed by atoms with van der Waals surface area (Å²) in [5, 5.41) is 9.54. The number of hydrogen-bond donors (Lipinski definition) is 1. The van der Waals surface area contributed by atoms with Gasteiger partial charge in [-0.3, -0.25) is 4.79 Å². The van der Waals surface area contributed by atoms with Crippen LogP contribution in [0.5, 0.6) is 0 Å². The summed E-state index contributed by atoms with van der Waals surface area (Å²) in [6.07, 6.45) is 4.96. The van der Waals surface area contributed by atoms with Gasteiger partial charge in [0.15, 0.2) is 0 Å². The molecule has 0 aromatic carbocycles. The molecule has 0 radical (unpaired) electrons. The number of carbonyl (C=O) groups is 1. The lowest BCUT2D eigenvalue weighted by molar-refractivity contribution is -0.140. The number of aliphatic hydroxyl groups is 1. The molecule has 3 nitrogen and oxygen atoms in total. The van der Waals surface area contributed by atoms with Gasteiger partial charge in [-0.15, -0.1) is 0 Å². The SMILES string of the molecule is CCCC(C(=O)N1CCC(CC)(CO)CC1)C(C)C. The molecule has 0 spiro atoms. The van der Waals surface area contributed by atoms with Gasteiger partial charge in [0.1, 0.15) is 0 Å². The fraction of sp³-hybridized carbons (Fsp3) is 0.938. The van der Waals surface area contributed by atoms with Gasteiger partial charge in [0.2, 0.25) is 5.91 Å². The highest BCUT2D eigenvalue weighted by molar-refractivity contribution is 5.79. The summed E-state index contributed by atoms with van der Waals surface area (Å²) in [4.78, 5) is 14.6. The van der Waals surface area contributed by atoms with E-state index in [1.54, 1.807) is 0 Å². The van der Waals surface area contributed by atoms with Gasteiger partial charge in [-0.1, -0.05) is 34.1 Å². The maximum Gasteiger partial charge on any atom is 0.225 e. The van der Waals surface area contributed by atoms with Crippen molar-refractivity contribution in [2.24, 2.45) is 17.3 Å². The Kier molecular flexibility index (Phi) is 6.31. The third-order valence-electron chi connectivity index (χ3n) is 4.94. The van der Waals surface area contributed by atoms with E-state index in [0.717, 1.165) is 45.2 Å². The van der Waals surface area contributed by atoms with Gasteiger partial charge >= 0.3 is 0 Å². The summed E-state index contributed by atoms with van der Waals surface area (Å²) in [6.45, 7) is 10.5. The molecule has 0 aliphatic carbocycles. The van der Waals surface area contributed by atoms with Gasteiger partial charge in [-0.05, 0) is 37.0 Å². The van der Waals surface area contributed by atoms with Gasteiger partial charge < -0.3 is 10.0 Å². The van der Waals surface area contributed by atoms with Crippen LogP contribution < -0.4 is 0 Å². The molecule has 1 unspecified atom stereocenters. The summed E-state index contributed by atoms with van der Waals surface area (Å²) >= 11 is 0. The predicted octanol–water partition coefficient (Wildman–Crippen LogP) is 3.07. The van der Waals surface area contributed by atoms with Crippen molar-refractivity contribution < 1.29 is 9.90 Å². The quantitative estimate of drug-likeness (QED) is 0.805. The van der Waals surface area contributed by atoms with Crippen LogP contribution in [0.4, 0.5) is 0 Å². The number of aliphatic hydroxyl groups excluding tert-OH is 1. The van der Waals surface area contributed by atoms with Crippen LogP contribution in [0.3, 0.4) is 0 Å². The van der Waals surface area contributed by atoms with Gasteiger partial charge in [0.25, 0.3) is 0 Å². The molecule has 1 atom stereocenters. The molecule has 1 saturated heterocycles. The van der Waals surface area contributed by atoms with Crippen molar-refractivity contribution >= 4 is 5.91 Å². The van der Waals surface area contributed by atoms with E-state index in [4.69, 9.17) is 0 Å². The first-order chi connectivity index (χ1) is 8.99. The Labute approximate surface area is 118 Å². The smallest absolute Gasteiger partial charge is 0.225 e. The number of carbonyl (C=O) groups excluding carboxylic acids is 1. The summed E-state index contributed by atoms with van der Waals surface area (Å²) in [6, 6.07) is 0. The minimum atomic E-state index is 0.0643. The molecule has 0 aromatic rings. The Bertz CT molecular complexity index is 274. The van der Waals surface area contributed by atoms with E-state index in [2.05, 4.69) is 27.7 Å². The Balaban J connectivity index is 2.61. The third kappa shape index (κ3) is 3.95. The zero-order valence-corrected chi connectivity index (χ0v) is 13.1. The molecule has 0 bridgehead atoms. The van der Waals surface area contributed by atoms with Crippen LogP contribution in [0.25, 0.3) is 0 Å². The summed E-state index contributed by atoms with van der Waals surface area (Å²) in [7, 11) is 0. The van der Waals surface area contributed by atoms with E-state index in [0.29, 0.717) is 11.8 Å². The zero-order valence-electron chi connectivity index (χ0n) is 13.1. The molecular formula is C16H31NO2. The summed E-state index contributed by atoms with van der Waals surface area (Å²) in [5.74, 6) is 0.927. The van der Waals surface area contributed by atoms with Crippen LogP contribution >= 0.6 is 0 Å². The fourth-order valence-corrected chi connectivity index (χ4v) is 3.11. The van der Waals surface area contributed by atoms with Gasteiger partial charge in [0.05, 0.1) is 0 Å². The van der Waals surface area contributed by atoms with Crippen molar-refractivity contribution in [1.29, 1.82) is 0 Å². The van der Waals surface area contributed by atoms with E-state index >= 15 is 0 Å². The molecule has 19 heavy (non-hydrogen) atoms. The molecule has 3 heteroatoms. The maximum absolute atomic E-state index is 12.6. The Hall–Kier alpha value is -0.570. The van der Waals surface area contributed by atoms with Crippen LogP contribution in [0, 0.1) is 17.3 Å². The first-order valence-electron chi connectivity index (χ1n) is 7.89. The Morgan fingerprint density at radius 1 is 1.26 bits per heavy atom. The van der Waals surface area contributed by atoms with Crippen molar-refractivity contribution in [3.8, 4) is 0 Å². The lowest BCUT2D eigenvalue weighted by atomic mass is 9.76. The van der Waals surface area contributed by atoms with Crippen molar-refractivity contribution in [3.63, 3.8) is 0 Å². The fourth-order valence-electron chi connectivity index (χ4n) is 3.11. The monoisotopic (exact) mass is 269 g/mol. The lowest BCUT2D eigenvalue weighted by Gasteiger charge is -2.41. The minimum Gasteiger partial charge on any atom is -0.396 e. The molecular weight excluding hydrogens is 238 g/mol. The lowest BCUT2D eigenvalue weighted by Crippen LogP contribution is -2.47. The van der Waals surface area contributed by atoms with Crippen LogP contribution in [-0.2, 0) is 4.79 Å². The van der Waals surface area contributed by atoms with Gasteiger partial charge in [0, 0.05) is 25.6 Å². The molecule has 1 amide bonds. The number of nitrogens with zero attached hydrogens (tertiary/aromatic N) is 1. The van der Waals surface area contributed by atoms with Crippen LogP contribution in [0.1, 0.15) is 59.8 Å². The van der Waals surface area contributed by atoms with Crippen LogP contribution in [-0.4, -0.2) is 35.6 Å². The number of likely N-dealkylation sites (tertiary alicyclic amines) is 1. The Morgan fingerprint density at radius 2 is 1.84 bits per heavy atom. The van der Waals surface area contributed by atoms with Crippen LogP contribution in [0.15, 0.2) is 0 Å². The highest BCUT2D eigenvalue weighted by Crippen LogP contribution is 2.35. The van der Waals surface area contributed by atoms with E-state index in [1.807, 2.05) is 4.90 Å². The second-order valence-corrected chi connectivity index (χ2v) is 6.48. The summed E-state index contributed by atoms with van der Waals surface area (Å²) < 4.78 is 0. The molecule has 1 aliphatic heterocycles. The van der Waals surface area contributed by atoms with E-state index in [-0.39, 0.29) is 17.9 Å². The zero-order chi connectivity index (χ0) is 14.5. The van der Waals surface area contributed by atoms with E-state index < -0.39 is 0 Å². The number of piperidine rings is 1. The van der Waals surface area contributed by atoms with Crippen molar-refractivity contribution in [1.82, 2.24) is 4.90 Å². The molecule has 0 saturated carbocycles. The minimum absolute atomic E-state index is 0.0643. The first-order valence-corrected chi connectivity index (χ1v) is 7.89. The second-order valence-electron chi connectivity index (χ2n) is 6.48. The topological polar surface area (TPSA) is 40.5 Å². The molecule has 1 N–H and O–H groups in total. The van der Waals surface area contributed by atoms with Gasteiger partial charge in [-0.2, -0.15) is 0 Å². The highest BCUT2D eigenvalue weighted by Gasteiger charge is 2.35. The predicted molar refractivity (Wildman–Crippen MR) is 78.9 cm³/mol. The Morgan fingerprint density at radius 3 is 2.21 bits per heavy atom. The average molecular weight is 269 g/mol. The van der Waals surface area contributed by atoms with Crippen molar-refractivity contribution in [2.45, 2.75) is 59.8 Å². The summed E-state index contributed by atoms with van der Waals surface area (Å²) in [5.41, 5.74) is 0.0643. The molecule has 1 rings (SSSR count). The molecule has 112 valence electrons. The third-order valence-corrected chi connectivity index (χ3v) is 4.94. The maximum atomic E-state index is 12.6. The highest BCUT2D eigenvalue weighted by atomic mass is 16.3. The molecule has 1 aliphatic rings. The van der Waals surface area contributed by atoms with Crippen molar-refractivity contribution in [3.05, 3.63) is 0 Å². The number of rotatable bonds is 6. The van der Waals surface area contributed by atoms with Crippen LogP contribution in [0.2, 0.25) is 0 Å².